The predicted octanol–water partition coefficient (Wildman–Crippen LogP) is -0.888. The van der Waals surface area contributed by atoms with Crippen molar-refractivity contribution >= 4 is 0 Å². The van der Waals surface area contributed by atoms with E-state index in [1.807, 2.05) is 0 Å². The SMILES string of the molecule is CNCc1c(C)c(=O)n(C)c(=O)n1C. The number of nitrogens with one attached hydrogen (secondary N) is 1. The molecule has 0 aliphatic heterocycles. The monoisotopic (exact) mass is 197 g/mol. The first-order chi connectivity index (χ1) is 6.50. The Hall–Kier alpha value is -1.36. The smallest absolute Gasteiger partial charge is 0.314 e. The Bertz CT molecular complexity index is 419. The molecule has 0 saturated heterocycles. The first-order valence-electron chi connectivity index (χ1n) is 4.40. The first kappa shape index (κ1) is 10.7. The maximum atomic E-state index is 11.6. The third-order valence-corrected chi connectivity index (χ3v) is 2.38. The van der Waals surface area contributed by atoms with Crippen molar-refractivity contribution in [3.63, 3.8) is 0 Å². The summed E-state index contributed by atoms with van der Waals surface area (Å²) in [5.74, 6) is 0. The third kappa shape index (κ3) is 1.50. The van der Waals surface area contributed by atoms with Gasteiger partial charge in [0.2, 0.25) is 0 Å². The zero-order valence-electron chi connectivity index (χ0n) is 8.92. The second-order valence-corrected chi connectivity index (χ2v) is 3.31. The summed E-state index contributed by atoms with van der Waals surface area (Å²) in [6.07, 6.45) is 0. The second-order valence-electron chi connectivity index (χ2n) is 3.31. The fraction of sp³-hybridized carbons (Fsp3) is 0.556. The molecule has 0 atom stereocenters. The van der Waals surface area contributed by atoms with Crippen LogP contribution in [0.4, 0.5) is 0 Å². The van der Waals surface area contributed by atoms with E-state index in [2.05, 4.69) is 5.32 Å². The summed E-state index contributed by atoms with van der Waals surface area (Å²) in [6.45, 7) is 2.25. The quantitative estimate of drug-likeness (QED) is 0.669. The van der Waals surface area contributed by atoms with Gasteiger partial charge in [-0.3, -0.25) is 13.9 Å². The van der Waals surface area contributed by atoms with Gasteiger partial charge in [-0.15, -0.1) is 0 Å². The van der Waals surface area contributed by atoms with Gasteiger partial charge in [0.15, 0.2) is 0 Å². The van der Waals surface area contributed by atoms with Crippen molar-refractivity contribution in [1.82, 2.24) is 14.5 Å². The average molecular weight is 197 g/mol. The van der Waals surface area contributed by atoms with Crippen LogP contribution in [-0.4, -0.2) is 16.2 Å². The second kappa shape index (κ2) is 3.79. The van der Waals surface area contributed by atoms with E-state index >= 15 is 0 Å². The van der Waals surface area contributed by atoms with Crippen LogP contribution < -0.4 is 16.6 Å². The topological polar surface area (TPSA) is 56.0 Å². The molecular formula is C9H15N3O2. The Kier molecular flexibility index (Phi) is 2.90. The maximum Gasteiger partial charge on any atom is 0.330 e. The van der Waals surface area contributed by atoms with Gasteiger partial charge in [-0.05, 0) is 14.0 Å². The normalized spacial score (nSPS) is 10.6. The van der Waals surface area contributed by atoms with E-state index in [1.54, 1.807) is 21.0 Å². The zero-order chi connectivity index (χ0) is 10.9. The lowest BCUT2D eigenvalue weighted by Gasteiger charge is -2.11. The van der Waals surface area contributed by atoms with Crippen molar-refractivity contribution in [2.75, 3.05) is 7.05 Å². The van der Waals surface area contributed by atoms with E-state index in [4.69, 9.17) is 0 Å². The van der Waals surface area contributed by atoms with Gasteiger partial charge in [-0.25, -0.2) is 4.79 Å². The summed E-state index contributed by atoms with van der Waals surface area (Å²) in [5.41, 5.74) is 0.841. The molecule has 0 radical (unpaired) electrons. The molecular weight excluding hydrogens is 182 g/mol. The Morgan fingerprint density at radius 1 is 1.21 bits per heavy atom. The number of rotatable bonds is 2. The number of hydrogen-bond acceptors (Lipinski definition) is 3. The lowest BCUT2D eigenvalue weighted by molar-refractivity contribution is 0.618. The van der Waals surface area contributed by atoms with Crippen LogP contribution >= 0.6 is 0 Å². The van der Waals surface area contributed by atoms with Crippen LogP contribution in [0.2, 0.25) is 0 Å². The zero-order valence-corrected chi connectivity index (χ0v) is 8.92. The molecule has 5 nitrogen and oxygen atoms in total. The van der Waals surface area contributed by atoms with Gasteiger partial charge < -0.3 is 5.32 Å². The molecule has 0 fully saturated rings. The van der Waals surface area contributed by atoms with Gasteiger partial charge in [0.25, 0.3) is 5.56 Å². The highest BCUT2D eigenvalue weighted by Gasteiger charge is 2.10. The Morgan fingerprint density at radius 3 is 2.29 bits per heavy atom. The number of aromatic nitrogens is 2. The molecule has 0 aromatic carbocycles. The molecule has 1 rings (SSSR count). The summed E-state index contributed by atoms with van der Waals surface area (Å²) < 4.78 is 2.61. The van der Waals surface area contributed by atoms with Gasteiger partial charge >= 0.3 is 5.69 Å². The minimum absolute atomic E-state index is 0.224. The van der Waals surface area contributed by atoms with Gasteiger partial charge in [0.1, 0.15) is 0 Å². The van der Waals surface area contributed by atoms with Gasteiger partial charge in [-0.2, -0.15) is 0 Å². The molecule has 5 heteroatoms. The van der Waals surface area contributed by atoms with Crippen LogP contribution in [0.3, 0.4) is 0 Å². The summed E-state index contributed by atoms with van der Waals surface area (Å²) in [5, 5.41) is 2.93. The molecule has 0 aliphatic carbocycles. The first-order valence-corrected chi connectivity index (χ1v) is 4.40. The molecule has 1 N–H and O–H groups in total. The lowest BCUT2D eigenvalue weighted by Crippen LogP contribution is -2.41. The molecule has 0 saturated carbocycles. The van der Waals surface area contributed by atoms with Crippen LogP contribution in [0.25, 0.3) is 0 Å². The highest BCUT2D eigenvalue weighted by molar-refractivity contribution is 5.15. The standard InChI is InChI=1S/C9H15N3O2/c1-6-7(5-10-2)11(3)9(14)12(4)8(6)13/h10H,5H2,1-4H3. The van der Waals surface area contributed by atoms with Gasteiger partial charge in [0, 0.05) is 31.9 Å². The highest BCUT2D eigenvalue weighted by atomic mass is 16.2. The minimum Gasteiger partial charge on any atom is -0.314 e. The van der Waals surface area contributed by atoms with Gasteiger partial charge in [-0.1, -0.05) is 0 Å². The summed E-state index contributed by atoms with van der Waals surface area (Å²) >= 11 is 0. The lowest BCUT2D eigenvalue weighted by atomic mass is 10.2. The van der Waals surface area contributed by atoms with Crippen LogP contribution in [0, 0.1) is 6.92 Å². The van der Waals surface area contributed by atoms with E-state index in [0.717, 1.165) is 10.3 Å². The molecule has 1 aromatic heterocycles. The Morgan fingerprint density at radius 2 is 1.79 bits per heavy atom. The van der Waals surface area contributed by atoms with Crippen LogP contribution in [0.15, 0.2) is 9.59 Å². The molecule has 0 unspecified atom stereocenters. The van der Waals surface area contributed by atoms with Crippen LogP contribution in [0.1, 0.15) is 11.3 Å². The number of hydrogen-bond donors (Lipinski definition) is 1. The fourth-order valence-corrected chi connectivity index (χ4v) is 1.47. The molecule has 0 spiro atoms. The maximum absolute atomic E-state index is 11.6. The highest BCUT2D eigenvalue weighted by Crippen LogP contribution is 1.97. The number of nitrogens with zero attached hydrogens (tertiary/aromatic N) is 2. The molecule has 0 amide bonds. The molecule has 78 valence electrons. The van der Waals surface area contributed by atoms with Gasteiger partial charge in [0.05, 0.1) is 0 Å². The predicted molar refractivity (Wildman–Crippen MR) is 54.4 cm³/mol. The molecule has 0 bridgehead atoms. The van der Waals surface area contributed by atoms with E-state index < -0.39 is 0 Å². The molecule has 1 heterocycles. The van der Waals surface area contributed by atoms with Crippen molar-refractivity contribution in [2.45, 2.75) is 13.5 Å². The van der Waals surface area contributed by atoms with Crippen LogP contribution in [0.5, 0.6) is 0 Å². The third-order valence-electron chi connectivity index (χ3n) is 2.38. The van der Waals surface area contributed by atoms with Crippen molar-refractivity contribution in [3.05, 3.63) is 32.1 Å². The fourth-order valence-electron chi connectivity index (χ4n) is 1.47. The molecule has 1 aromatic rings. The summed E-state index contributed by atoms with van der Waals surface area (Å²) in [4.78, 5) is 23.1. The van der Waals surface area contributed by atoms with Crippen molar-refractivity contribution in [2.24, 2.45) is 14.1 Å². The minimum atomic E-state index is -0.286. The van der Waals surface area contributed by atoms with E-state index in [-0.39, 0.29) is 11.2 Å². The van der Waals surface area contributed by atoms with E-state index in [1.165, 1.54) is 11.6 Å². The van der Waals surface area contributed by atoms with Crippen molar-refractivity contribution in [3.8, 4) is 0 Å². The summed E-state index contributed by atoms with van der Waals surface area (Å²) in [7, 11) is 4.93. The summed E-state index contributed by atoms with van der Waals surface area (Å²) in [6, 6.07) is 0. The molecule has 14 heavy (non-hydrogen) atoms. The Labute approximate surface area is 82.0 Å². The van der Waals surface area contributed by atoms with Crippen molar-refractivity contribution in [1.29, 1.82) is 0 Å². The van der Waals surface area contributed by atoms with Crippen molar-refractivity contribution < 1.29 is 0 Å². The Balaban J connectivity index is 3.60. The van der Waals surface area contributed by atoms with E-state index in [0.29, 0.717) is 12.1 Å². The average Bonchev–Trinajstić information content (AvgIpc) is 2.19. The van der Waals surface area contributed by atoms with Crippen LogP contribution in [-0.2, 0) is 20.6 Å². The molecule has 0 aliphatic rings. The largest absolute Gasteiger partial charge is 0.330 e. The van der Waals surface area contributed by atoms with E-state index in [9.17, 15) is 9.59 Å².